The SMILES string of the molecule is CCCNC(CCOCCC)Cc1ccc(Br)cc1. The van der Waals surface area contributed by atoms with Gasteiger partial charge in [0.2, 0.25) is 0 Å². The Kier molecular flexibility index (Phi) is 9.14. The molecule has 0 amide bonds. The summed E-state index contributed by atoms with van der Waals surface area (Å²) in [6.45, 7) is 7.16. The highest BCUT2D eigenvalue weighted by atomic mass is 79.9. The van der Waals surface area contributed by atoms with Crippen molar-refractivity contribution in [3.05, 3.63) is 34.3 Å². The lowest BCUT2D eigenvalue weighted by atomic mass is 10.0. The largest absolute Gasteiger partial charge is 0.381 e. The number of ether oxygens (including phenoxy) is 1. The van der Waals surface area contributed by atoms with Gasteiger partial charge in [0, 0.05) is 23.7 Å². The number of halogens is 1. The molecule has 1 atom stereocenters. The fraction of sp³-hybridized carbons (Fsp3) is 0.625. The Labute approximate surface area is 126 Å². The lowest BCUT2D eigenvalue weighted by Gasteiger charge is -2.18. The number of rotatable bonds is 10. The van der Waals surface area contributed by atoms with Crippen LogP contribution >= 0.6 is 15.9 Å². The van der Waals surface area contributed by atoms with E-state index in [1.165, 1.54) is 12.0 Å². The molecule has 1 aromatic rings. The summed E-state index contributed by atoms with van der Waals surface area (Å²) in [5, 5.41) is 3.62. The third kappa shape index (κ3) is 7.71. The molecule has 0 aromatic heterocycles. The molecule has 3 heteroatoms. The van der Waals surface area contributed by atoms with Gasteiger partial charge in [0.05, 0.1) is 0 Å². The predicted octanol–water partition coefficient (Wildman–Crippen LogP) is 4.18. The molecule has 1 rings (SSSR count). The second kappa shape index (κ2) is 10.4. The minimum absolute atomic E-state index is 0.512. The molecule has 108 valence electrons. The molecule has 1 unspecified atom stereocenters. The van der Waals surface area contributed by atoms with Gasteiger partial charge in [0.1, 0.15) is 0 Å². The number of hydrogen-bond donors (Lipinski definition) is 1. The first-order chi connectivity index (χ1) is 9.26. The van der Waals surface area contributed by atoms with Gasteiger partial charge in [-0.3, -0.25) is 0 Å². The number of benzene rings is 1. The number of nitrogens with one attached hydrogen (secondary N) is 1. The van der Waals surface area contributed by atoms with E-state index in [4.69, 9.17) is 4.74 Å². The van der Waals surface area contributed by atoms with E-state index >= 15 is 0 Å². The third-order valence-electron chi connectivity index (χ3n) is 3.04. The maximum Gasteiger partial charge on any atom is 0.0480 e. The van der Waals surface area contributed by atoms with Crippen molar-refractivity contribution < 1.29 is 4.74 Å². The van der Waals surface area contributed by atoms with E-state index < -0.39 is 0 Å². The van der Waals surface area contributed by atoms with E-state index in [1.54, 1.807) is 0 Å². The molecule has 0 aliphatic heterocycles. The minimum atomic E-state index is 0.512. The fourth-order valence-electron chi connectivity index (χ4n) is 2.00. The zero-order valence-corrected chi connectivity index (χ0v) is 13.7. The van der Waals surface area contributed by atoms with Gasteiger partial charge in [-0.1, -0.05) is 41.9 Å². The molecule has 0 aliphatic carbocycles. The molecule has 0 radical (unpaired) electrons. The Morgan fingerprint density at radius 3 is 2.47 bits per heavy atom. The highest BCUT2D eigenvalue weighted by Gasteiger charge is 2.08. The normalized spacial score (nSPS) is 12.6. The van der Waals surface area contributed by atoms with Crippen molar-refractivity contribution in [1.82, 2.24) is 5.32 Å². The van der Waals surface area contributed by atoms with Crippen LogP contribution in [0.3, 0.4) is 0 Å². The highest BCUT2D eigenvalue weighted by molar-refractivity contribution is 9.10. The minimum Gasteiger partial charge on any atom is -0.381 e. The molecule has 0 heterocycles. The summed E-state index contributed by atoms with van der Waals surface area (Å²) in [5.41, 5.74) is 1.38. The summed E-state index contributed by atoms with van der Waals surface area (Å²) in [7, 11) is 0. The third-order valence-corrected chi connectivity index (χ3v) is 3.57. The van der Waals surface area contributed by atoms with Crippen molar-refractivity contribution in [3.63, 3.8) is 0 Å². The van der Waals surface area contributed by atoms with E-state index in [-0.39, 0.29) is 0 Å². The molecule has 0 saturated carbocycles. The topological polar surface area (TPSA) is 21.3 Å². The van der Waals surface area contributed by atoms with Crippen molar-refractivity contribution in [3.8, 4) is 0 Å². The maximum absolute atomic E-state index is 5.60. The van der Waals surface area contributed by atoms with Crippen LogP contribution in [0.2, 0.25) is 0 Å². The molecule has 0 saturated heterocycles. The van der Waals surface area contributed by atoms with Crippen LogP contribution in [0.4, 0.5) is 0 Å². The van der Waals surface area contributed by atoms with Crippen LogP contribution in [0, 0.1) is 0 Å². The van der Waals surface area contributed by atoms with E-state index in [2.05, 4.69) is 59.4 Å². The van der Waals surface area contributed by atoms with Gasteiger partial charge in [0.25, 0.3) is 0 Å². The van der Waals surface area contributed by atoms with Crippen molar-refractivity contribution in [2.24, 2.45) is 0 Å². The Bertz CT molecular complexity index is 326. The summed E-state index contributed by atoms with van der Waals surface area (Å²) in [6, 6.07) is 9.12. The Balaban J connectivity index is 2.41. The van der Waals surface area contributed by atoms with Gasteiger partial charge in [0.15, 0.2) is 0 Å². The summed E-state index contributed by atoms with van der Waals surface area (Å²) in [5.74, 6) is 0. The Hall–Kier alpha value is -0.380. The van der Waals surface area contributed by atoms with Crippen LogP contribution < -0.4 is 5.32 Å². The standard InChI is InChI=1S/C16H26BrNO/c1-3-10-18-16(9-12-19-11-4-2)13-14-5-7-15(17)8-6-14/h5-8,16,18H,3-4,9-13H2,1-2H3. The van der Waals surface area contributed by atoms with Crippen molar-refractivity contribution in [2.45, 2.75) is 45.6 Å². The Morgan fingerprint density at radius 1 is 1.11 bits per heavy atom. The van der Waals surface area contributed by atoms with Gasteiger partial charge in [-0.2, -0.15) is 0 Å². The first kappa shape index (κ1) is 16.7. The molecule has 0 aliphatic rings. The van der Waals surface area contributed by atoms with Gasteiger partial charge < -0.3 is 10.1 Å². The van der Waals surface area contributed by atoms with Crippen molar-refractivity contribution >= 4 is 15.9 Å². The Morgan fingerprint density at radius 2 is 1.84 bits per heavy atom. The predicted molar refractivity (Wildman–Crippen MR) is 85.7 cm³/mol. The van der Waals surface area contributed by atoms with Crippen LogP contribution in [-0.2, 0) is 11.2 Å². The lowest BCUT2D eigenvalue weighted by Crippen LogP contribution is -2.33. The molecular weight excluding hydrogens is 302 g/mol. The van der Waals surface area contributed by atoms with E-state index in [9.17, 15) is 0 Å². The molecular formula is C16H26BrNO. The van der Waals surface area contributed by atoms with Gasteiger partial charge in [-0.05, 0) is 49.9 Å². The quantitative estimate of drug-likeness (QED) is 0.651. The summed E-state index contributed by atoms with van der Waals surface area (Å²) < 4.78 is 6.74. The molecule has 1 N–H and O–H groups in total. The molecule has 1 aromatic carbocycles. The maximum atomic E-state index is 5.60. The molecule has 19 heavy (non-hydrogen) atoms. The monoisotopic (exact) mass is 327 g/mol. The highest BCUT2D eigenvalue weighted by Crippen LogP contribution is 2.13. The lowest BCUT2D eigenvalue weighted by molar-refractivity contribution is 0.124. The first-order valence-corrected chi connectivity index (χ1v) is 8.11. The van der Waals surface area contributed by atoms with Gasteiger partial charge >= 0.3 is 0 Å². The van der Waals surface area contributed by atoms with Gasteiger partial charge in [-0.25, -0.2) is 0 Å². The average Bonchev–Trinajstić information content (AvgIpc) is 2.43. The van der Waals surface area contributed by atoms with Gasteiger partial charge in [-0.15, -0.1) is 0 Å². The molecule has 2 nitrogen and oxygen atoms in total. The van der Waals surface area contributed by atoms with E-state index in [0.717, 1.165) is 43.5 Å². The van der Waals surface area contributed by atoms with Crippen LogP contribution in [0.5, 0.6) is 0 Å². The van der Waals surface area contributed by atoms with Crippen LogP contribution in [0.25, 0.3) is 0 Å². The van der Waals surface area contributed by atoms with Crippen LogP contribution in [-0.4, -0.2) is 25.8 Å². The summed E-state index contributed by atoms with van der Waals surface area (Å²) in [4.78, 5) is 0. The second-order valence-corrected chi connectivity index (χ2v) is 5.80. The second-order valence-electron chi connectivity index (χ2n) is 4.88. The van der Waals surface area contributed by atoms with E-state index in [0.29, 0.717) is 6.04 Å². The summed E-state index contributed by atoms with van der Waals surface area (Å²) in [6.07, 6.45) is 4.42. The van der Waals surface area contributed by atoms with Crippen LogP contribution in [0.15, 0.2) is 28.7 Å². The molecule has 0 spiro atoms. The van der Waals surface area contributed by atoms with Crippen molar-refractivity contribution in [2.75, 3.05) is 19.8 Å². The zero-order valence-electron chi connectivity index (χ0n) is 12.1. The molecule has 0 fully saturated rings. The fourth-order valence-corrected chi connectivity index (χ4v) is 2.27. The smallest absolute Gasteiger partial charge is 0.0480 e. The average molecular weight is 328 g/mol. The zero-order chi connectivity index (χ0) is 13.9. The number of hydrogen-bond acceptors (Lipinski definition) is 2. The van der Waals surface area contributed by atoms with Crippen molar-refractivity contribution in [1.29, 1.82) is 0 Å². The summed E-state index contributed by atoms with van der Waals surface area (Å²) >= 11 is 3.48. The van der Waals surface area contributed by atoms with E-state index in [1.807, 2.05) is 0 Å². The first-order valence-electron chi connectivity index (χ1n) is 7.31. The molecule has 0 bridgehead atoms. The van der Waals surface area contributed by atoms with Crippen LogP contribution in [0.1, 0.15) is 38.7 Å².